The largest absolute Gasteiger partial charge is 0.450 e. The highest BCUT2D eigenvalue weighted by atomic mass is 35.5. The van der Waals surface area contributed by atoms with E-state index >= 15 is 0 Å². The molecule has 0 aliphatic carbocycles. The molecule has 0 radical (unpaired) electrons. The fraction of sp³-hybridized carbons (Fsp3) is 0.692. The van der Waals surface area contributed by atoms with Crippen LogP contribution in [0.5, 0.6) is 0 Å². The normalized spacial score (nSPS) is 11.8. The van der Waals surface area contributed by atoms with Gasteiger partial charge in [0.05, 0.1) is 5.56 Å². The highest BCUT2D eigenvalue weighted by molar-refractivity contribution is 6.64. The summed E-state index contributed by atoms with van der Waals surface area (Å²) < 4.78 is 4.99. The molecule has 0 aliphatic rings. The van der Waals surface area contributed by atoms with Crippen molar-refractivity contribution in [2.45, 2.75) is 110 Å². The molecule has 0 fully saturated rings. The Hall–Kier alpha value is -1.55. The molecule has 1 unspecified atom stereocenters. The topological polar surface area (TPSA) is 55.4 Å². The van der Waals surface area contributed by atoms with Crippen molar-refractivity contribution in [1.82, 2.24) is 0 Å². The number of carbonyl (C=O) groups excluding carboxylic acids is 2. The van der Waals surface area contributed by atoms with Crippen LogP contribution in [0.2, 0.25) is 0 Å². The zero-order valence-corrected chi connectivity index (χ0v) is 20.4. The van der Waals surface area contributed by atoms with Gasteiger partial charge in [-0.2, -0.15) is 0 Å². The summed E-state index contributed by atoms with van der Waals surface area (Å²) in [5.41, 5.74) is 1.39. The van der Waals surface area contributed by atoms with Gasteiger partial charge in [0.15, 0.2) is 6.10 Å². The van der Waals surface area contributed by atoms with Crippen LogP contribution in [0, 0.1) is 0 Å². The minimum absolute atomic E-state index is 0.409. The standard InChI is InChI=1S/C26H42ClNO3/c1-3-4-5-6-7-8-9-10-11-12-13-14-15-16-21-28-24-19-17-23(18-20-24)26(30)31-22(2)25(27)29/h17-20,22,28H,3-16,21H2,1-2H3. The molecule has 0 heterocycles. The Morgan fingerprint density at radius 3 is 1.71 bits per heavy atom. The van der Waals surface area contributed by atoms with E-state index in [1.54, 1.807) is 12.1 Å². The molecule has 0 saturated carbocycles. The molecule has 1 atom stereocenters. The van der Waals surface area contributed by atoms with Gasteiger partial charge in [0.1, 0.15) is 0 Å². The van der Waals surface area contributed by atoms with Crippen LogP contribution in [-0.4, -0.2) is 23.9 Å². The first-order valence-electron chi connectivity index (χ1n) is 12.3. The van der Waals surface area contributed by atoms with Crippen molar-refractivity contribution in [3.8, 4) is 0 Å². The van der Waals surface area contributed by atoms with Crippen molar-refractivity contribution in [2.75, 3.05) is 11.9 Å². The second-order valence-electron chi connectivity index (χ2n) is 8.45. The van der Waals surface area contributed by atoms with Gasteiger partial charge in [-0.15, -0.1) is 0 Å². The van der Waals surface area contributed by atoms with E-state index in [0.29, 0.717) is 5.56 Å². The van der Waals surface area contributed by atoms with E-state index in [1.165, 1.54) is 90.4 Å². The number of nitrogens with one attached hydrogen (secondary N) is 1. The lowest BCUT2D eigenvalue weighted by atomic mass is 10.0. The van der Waals surface area contributed by atoms with E-state index in [-0.39, 0.29) is 0 Å². The van der Waals surface area contributed by atoms with Gasteiger partial charge < -0.3 is 10.1 Å². The van der Waals surface area contributed by atoms with Gasteiger partial charge in [-0.05, 0) is 49.2 Å². The number of rotatable bonds is 19. The van der Waals surface area contributed by atoms with Crippen LogP contribution in [0.4, 0.5) is 5.69 Å². The van der Waals surface area contributed by atoms with E-state index < -0.39 is 17.3 Å². The lowest BCUT2D eigenvalue weighted by molar-refractivity contribution is -0.118. The molecule has 5 heteroatoms. The van der Waals surface area contributed by atoms with Crippen molar-refractivity contribution in [2.24, 2.45) is 0 Å². The number of ether oxygens (including phenoxy) is 1. The molecule has 31 heavy (non-hydrogen) atoms. The number of benzene rings is 1. The van der Waals surface area contributed by atoms with Crippen molar-refractivity contribution < 1.29 is 14.3 Å². The number of halogens is 1. The van der Waals surface area contributed by atoms with Crippen LogP contribution >= 0.6 is 11.6 Å². The molecule has 0 aromatic heterocycles. The SMILES string of the molecule is CCCCCCCCCCCCCCCCNc1ccc(C(=O)OC(C)C(=O)Cl)cc1. The second-order valence-corrected chi connectivity index (χ2v) is 8.82. The summed E-state index contributed by atoms with van der Waals surface area (Å²) in [6, 6.07) is 7.10. The fourth-order valence-electron chi connectivity index (χ4n) is 3.55. The van der Waals surface area contributed by atoms with Gasteiger partial charge in [0.2, 0.25) is 0 Å². The molecule has 0 saturated heterocycles. The Kier molecular flexibility index (Phi) is 16.0. The number of unbranched alkanes of at least 4 members (excludes halogenated alkanes) is 13. The highest BCUT2D eigenvalue weighted by Crippen LogP contribution is 2.14. The number of carbonyl (C=O) groups is 2. The minimum atomic E-state index is -0.938. The summed E-state index contributed by atoms with van der Waals surface area (Å²) in [5, 5.41) is 2.71. The lowest BCUT2D eigenvalue weighted by Gasteiger charge is -2.10. The van der Waals surface area contributed by atoms with Crippen molar-refractivity contribution >= 4 is 28.5 Å². The number of anilines is 1. The average molecular weight is 452 g/mol. The first-order valence-corrected chi connectivity index (χ1v) is 12.7. The van der Waals surface area contributed by atoms with Crippen LogP contribution in [0.15, 0.2) is 24.3 Å². The zero-order chi connectivity index (χ0) is 22.7. The zero-order valence-electron chi connectivity index (χ0n) is 19.6. The number of esters is 1. The molecule has 176 valence electrons. The van der Waals surface area contributed by atoms with Gasteiger partial charge >= 0.3 is 5.97 Å². The summed E-state index contributed by atoms with van der Waals surface area (Å²) >= 11 is 5.31. The monoisotopic (exact) mass is 451 g/mol. The Balaban J connectivity index is 1.97. The molecule has 0 amide bonds. The third-order valence-corrected chi connectivity index (χ3v) is 5.89. The molecule has 0 aliphatic heterocycles. The number of hydrogen-bond acceptors (Lipinski definition) is 4. The predicted octanol–water partition coefficient (Wildman–Crippen LogP) is 7.89. The van der Waals surface area contributed by atoms with Crippen LogP contribution in [0.1, 0.15) is 114 Å². The van der Waals surface area contributed by atoms with Crippen LogP contribution in [-0.2, 0) is 9.53 Å². The summed E-state index contributed by atoms with van der Waals surface area (Å²) in [5.74, 6) is -0.542. The van der Waals surface area contributed by atoms with Crippen LogP contribution < -0.4 is 5.32 Å². The smallest absolute Gasteiger partial charge is 0.338 e. The first kappa shape index (κ1) is 27.5. The van der Waals surface area contributed by atoms with Gasteiger partial charge in [-0.1, -0.05) is 90.4 Å². The summed E-state index contributed by atoms with van der Waals surface area (Å²) in [4.78, 5) is 22.9. The predicted molar refractivity (Wildman–Crippen MR) is 131 cm³/mol. The maximum atomic E-state index is 11.9. The van der Waals surface area contributed by atoms with E-state index in [4.69, 9.17) is 16.3 Å². The Labute approximate surface area is 194 Å². The molecule has 1 aromatic carbocycles. The molecule has 1 N–H and O–H groups in total. The van der Waals surface area contributed by atoms with Gasteiger partial charge in [-0.25, -0.2) is 4.79 Å². The fourth-order valence-corrected chi connectivity index (χ4v) is 3.60. The summed E-state index contributed by atoms with van der Waals surface area (Å²) in [7, 11) is 0. The van der Waals surface area contributed by atoms with E-state index in [0.717, 1.165) is 18.7 Å². The maximum Gasteiger partial charge on any atom is 0.338 e. The van der Waals surface area contributed by atoms with Gasteiger partial charge in [0, 0.05) is 12.2 Å². The van der Waals surface area contributed by atoms with E-state index in [2.05, 4.69) is 12.2 Å². The maximum absolute atomic E-state index is 11.9. The second kappa shape index (κ2) is 18.1. The molecule has 1 aromatic rings. The van der Waals surface area contributed by atoms with Crippen LogP contribution in [0.25, 0.3) is 0 Å². The third-order valence-electron chi connectivity index (χ3n) is 5.58. The van der Waals surface area contributed by atoms with E-state index in [1.807, 2.05) is 12.1 Å². The molecule has 1 rings (SSSR count). The van der Waals surface area contributed by atoms with Crippen molar-refractivity contribution in [3.63, 3.8) is 0 Å². The van der Waals surface area contributed by atoms with Crippen LogP contribution in [0.3, 0.4) is 0 Å². The molecule has 0 bridgehead atoms. The van der Waals surface area contributed by atoms with Gasteiger partial charge in [-0.3, -0.25) is 4.79 Å². The Morgan fingerprint density at radius 1 is 0.806 bits per heavy atom. The molecule has 0 spiro atoms. The first-order chi connectivity index (χ1) is 15.0. The third kappa shape index (κ3) is 14.2. The molecular weight excluding hydrogens is 410 g/mol. The van der Waals surface area contributed by atoms with E-state index in [9.17, 15) is 9.59 Å². The summed E-state index contributed by atoms with van der Waals surface area (Å²) in [6.45, 7) is 4.66. The highest BCUT2D eigenvalue weighted by Gasteiger charge is 2.16. The number of hydrogen-bond donors (Lipinski definition) is 1. The summed E-state index contributed by atoms with van der Waals surface area (Å²) in [6.07, 6.45) is 18.1. The quantitative estimate of drug-likeness (QED) is 0.132. The molecule has 4 nitrogen and oxygen atoms in total. The Bertz CT molecular complexity index is 603. The minimum Gasteiger partial charge on any atom is -0.450 e. The lowest BCUT2D eigenvalue weighted by Crippen LogP contribution is -2.20. The Morgan fingerprint density at radius 2 is 1.26 bits per heavy atom. The average Bonchev–Trinajstić information content (AvgIpc) is 2.76. The van der Waals surface area contributed by atoms with Crippen molar-refractivity contribution in [1.29, 1.82) is 0 Å². The van der Waals surface area contributed by atoms with Gasteiger partial charge in [0.25, 0.3) is 5.24 Å². The molecular formula is C26H42ClNO3. The van der Waals surface area contributed by atoms with Crippen molar-refractivity contribution in [3.05, 3.63) is 29.8 Å².